The van der Waals surface area contributed by atoms with Crippen LogP contribution < -0.4 is 10.3 Å². The molecule has 0 aliphatic heterocycles. The van der Waals surface area contributed by atoms with Crippen LogP contribution in [0, 0.1) is 0 Å². The topological polar surface area (TPSA) is 64.4 Å². The number of amides is 1. The minimum atomic E-state index is -4.41. The van der Waals surface area contributed by atoms with Gasteiger partial charge < -0.3 is 9.36 Å². The van der Waals surface area contributed by atoms with Crippen LogP contribution in [-0.2, 0) is 6.18 Å². The van der Waals surface area contributed by atoms with Crippen molar-refractivity contribution in [1.82, 2.24) is 10.6 Å². The highest BCUT2D eigenvalue weighted by Gasteiger charge is 2.30. The van der Waals surface area contributed by atoms with E-state index < -0.39 is 17.6 Å². The Balaban J connectivity index is 1.95. The number of hydrogen-bond donors (Lipinski definition) is 1. The number of nitrogens with zero attached hydrogens (tertiary/aromatic N) is 1. The van der Waals surface area contributed by atoms with Crippen molar-refractivity contribution in [1.29, 1.82) is 0 Å². The average molecular weight is 272 g/mol. The van der Waals surface area contributed by atoms with Crippen LogP contribution in [0.1, 0.15) is 15.9 Å². The van der Waals surface area contributed by atoms with Crippen LogP contribution in [0.2, 0.25) is 0 Å². The molecule has 0 fully saturated rings. The van der Waals surface area contributed by atoms with Crippen molar-refractivity contribution in [3.05, 3.63) is 47.9 Å². The van der Waals surface area contributed by atoms with E-state index in [-0.39, 0.29) is 11.3 Å². The highest BCUT2D eigenvalue weighted by molar-refractivity contribution is 5.92. The molecule has 0 unspecified atom stereocenters. The van der Waals surface area contributed by atoms with E-state index in [4.69, 9.17) is 4.84 Å². The first kappa shape index (κ1) is 12.9. The van der Waals surface area contributed by atoms with Crippen LogP contribution in [0.15, 0.2) is 41.2 Å². The average Bonchev–Trinajstić information content (AvgIpc) is 2.89. The predicted molar refractivity (Wildman–Crippen MR) is 56.0 cm³/mol. The van der Waals surface area contributed by atoms with Gasteiger partial charge in [-0.2, -0.15) is 18.7 Å². The lowest BCUT2D eigenvalue weighted by molar-refractivity contribution is -0.137. The molecule has 2 aromatic rings. The zero-order valence-electron chi connectivity index (χ0n) is 9.27. The fourth-order valence-corrected chi connectivity index (χ4v) is 1.19. The van der Waals surface area contributed by atoms with Crippen molar-refractivity contribution in [3.63, 3.8) is 0 Å². The van der Waals surface area contributed by atoms with Crippen molar-refractivity contribution in [2.45, 2.75) is 6.18 Å². The minimum absolute atomic E-state index is 0.0674. The summed E-state index contributed by atoms with van der Waals surface area (Å²) in [7, 11) is 0. The minimum Gasteiger partial charge on any atom is -0.379 e. The second-order valence-electron chi connectivity index (χ2n) is 3.47. The highest BCUT2D eigenvalue weighted by Crippen LogP contribution is 2.30. The lowest BCUT2D eigenvalue weighted by Gasteiger charge is -2.08. The van der Waals surface area contributed by atoms with Crippen LogP contribution in [0.5, 0.6) is 5.75 Å². The molecular formula is C11H7F3N2O3. The van der Waals surface area contributed by atoms with Gasteiger partial charge in [0.05, 0.1) is 11.8 Å². The molecule has 5 nitrogen and oxygen atoms in total. The van der Waals surface area contributed by atoms with Crippen LogP contribution in [0.4, 0.5) is 13.2 Å². The van der Waals surface area contributed by atoms with Gasteiger partial charge in [0.25, 0.3) is 5.91 Å². The first-order chi connectivity index (χ1) is 8.97. The van der Waals surface area contributed by atoms with Crippen LogP contribution in [0.3, 0.4) is 0 Å². The Kier molecular flexibility index (Phi) is 3.41. The van der Waals surface area contributed by atoms with Crippen LogP contribution >= 0.6 is 0 Å². The molecule has 1 aromatic carbocycles. The number of hydrogen-bond acceptors (Lipinski definition) is 4. The summed E-state index contributed by atoms with van der Waals surface area (Å²) in [6.45, 7) is 0. The summed E-state index contributed by atoms with van der Waals surface area (Å²) in [4.78, 5) is 16.2. The molecule has 8 heteroatoms. The van der Waals surface area contributed by atoms with E-state index in [1.807, 2.05) is 5.48 Å². The number of nitrogens with one attached hydrogen (secondary N) is 1. The van der Waals surface area contributed by atoms with Gasteiger partial charge in [-0.05, 0) is 24.3 Å². The third kappa shape index (κ3) is 3.24. The zero-order valence-corrected chi connectivity index (χ0v) is 9.27. The van der Waals surface area contributed by atoms with E-state index in [9.17, 15) is 18.0 Å². The summed E-state index contributed by atoms with van der Waals surface area (Å²) >= 11 is 0. The van der Waals surface area contributed by atoms with Crippen molar-refractivity contribution < 1.29 is 27.3 Å². The second kappa shape index (κ2) is 5.01. The van der Waals surface area contributed by atoms with E-state index in [0.29, 0.717) is 0 Å². The number of aromatic nitrogens is 1. The monoisotopic (exact) mass is 272 g/mol. The summed E-state index contributed by atoms with van der Waals surface area (Å²) in [6, 6.07) is 3.88. The molecule has 0 aliphatic rings. The van der Waals surface area contributed by atoms with Crippen molar-refractivity contribution in [3.8, 4) is 5.75 Å². The van der Waals surface area contributed by atoms with Gasteiger partial charge in [-0.3, -0.25) is 4.79 Å². The highest BCUT2D eigenvalue weighted by atomic mass is 19.4. The fourth-order valence-electron chi connectivity index (χ4n) is 1.19. The summed E-state index contributed by atoms with van der Waals surface area (Å²) in [5, 5.41) is 3.32. The molecule has 0 atom stereocenters. The van der Waals surface area contributed by atoms with E-state index >= 15 is 0 Å². The molecule has 2 rings (SSSR count). The molecule has 0 saturated carbocycles. The Bertz CT molecular complexity index is 550. The maximum absolute atomic E-state index is 12.3. The van der Waals surface area contributed by atoms with Crippen molar-refractivity contribution in [2.24, 2.45) is 0 Å². The molecule has 0 saturated heterocycles. The van der Waals surface area contributed by atoms with Gasteiger partial charge in [0.1, 0.15) is 11.8 Å². The molecule has 100 valence electrons. The van der Waals surface area contributed by atoms with Crippen LogP contribution in [-0.4, -0.2) is 11.1 Å². The van der Waals surface area contributed by atoms with Gasteiger partial charge in [0, 0.05) is 0 Å². The van der Waals surface area contributed by atoms with Crippen molar-refractivity contribution >= 4 is 5.91 Å². The number of rotatable bonds is 3. The quantitative estimate of drug-likeness (QED) is 0.871. The normalized spacial score (nSPS) is 11.1. The molecule has 1 heterocycles. The third-order valence-corrected chi connectivity index (χ3v) is 2.14. The first-order valence-corrected chi connectivity index (χ1v) is 5.00. The number of carbonyl (C=O) groups excluding carboxylic acids is 1. The van der Waals surface area contributed by atoms with Gasteiger partial charge in [-0.15, -0.1) is 0 Å². The number of alkyl halides is 3. The van der Waals surface area contributed by atoms with Gasteiger partial charge >= 0.3 is 6.18 Å². The Labute approximate surface area is 104 Å². The van der Waals surface area contributed by atoms with Gasteiger partial charge in [0.2, 0.25) is 0 Å². The smallest absolute Gasteiger partial charge is 0.379 e. The third-order valence-electron chi connectivity index (χ3n) is 2.14. The van der Waals surface area contributed by atoms with Gasteiger partial charge in [-0.1, -0.05) is 5.16 Å². The molecule has 0 radical (unpaired) electrons. The molecule has 19 heavy (non-hydrogen) atoms. The first-order valence-electron chi connectivity index (χ1n) is 5.00. The molecule has 1 amide bonds. The molecule has 1 aromatic heterocycles. The molecule has 0 aliphatic carbocycles. The predicted octanol–water partition coefficient (Wildman–Crippen LogP) is 2.42. The maximum atomic E-state index is 12.3. The van der Waals surface area contributed by atoms with E-state index in [2.05, 4.69) is 9.68 Å². The lowest BCUT2D eigenvalue weighted by atomic mass is 10.2. The number of halogens is 3. The molecule has 1 N–H and O–H groups in total. The Morgan fingerprint density at radius 2 is 1.95 bits per heavy atom. The molecule has 0 bridgehead atoms. The zero-order chi connectivity index (χ0) is 13.9. The van der Waals surface area contributed by atoms with E-state index in [0.717, 1.165) is 30.5 Å². The lowest BCUT2D eigenvalue weighted by Crippen LogP contribution is -2.26. The Morgan fingerprint density at radius 1 is 1.26 bits per heavy atom. The summed E-state index contributed by atoms with van der Waals surface area (Å²) in [5.41, 5.74) is 1.37. The Morgan fingerprint density at radius 3 is 2.47 bits per heavy atom. The van der Waals surface area contributed by atoms with E-state index in [1.54, 1.807) is 0 Å². The molecular weight excluding hydrogens is 265 g/mol. The standard InChI is InChI=1S/C11H7F3N2O3/c12-11(13,14)8-1-3-9(4-2-8)19-16-10(17)7-5-15-18-6-7/h1-6H,(H,16,17). The number of hydroxylamine groups is 1. The SMILES string of the molecule is O=C(NOc1ccc(C(F)(F)F)cc1)c1cnoc1. The number of carbonyl (C=O) groups is 1. The molecule has 0 spiro atoms. The van der Waals surface area contributed by atoms with Crippen molar-refractivity contribution in [2.75, 3.05) is 0 Å². The number of benzene rings is 1. The maximum Gasteiger partial charge on any atom is 0.416 e. The summed E-state index contributed by atoms with van der Waals surface area (Å²) in [5.74, 6) is -0.557. The van der Waals surface area contributed by atoms with Gasteiger partial charge in [0.15, 0.2) is 5.75 Å². The Hall–Kier alpha value is -2.51. The van der Waals surface area contributed by atoms with Crippen LogP contribution in [0.25, 0.3) is 0 Å². The summed E-state index contributed by atoms with van der Waals surface area (Å²) < 4.78 is 41.3. The van der Waals surface area contributed by atoms with Gasteiger partial charge in [-0.25, -0.2) is 0 Å². The summed E-state index contributed by atoms with van der Waals surface area (Å²) in [6.07, 6.45) is -2.14. The second-order valence-corrected chi connectivity index (χ2v) is 3.47. The van der Waals surface area contributed by atoms with E-state index in [1.165, 1.54) is 6.20 Å². The fraction of sp³-hybridized carbons (Fsp3) is 0.0909. The largest absolute Gasteiger partial charge is 0.416 e.